The van der Waals surface area contributed by atoms with Crippen LogP contribution >= 0.6 is 0 Å². The molecule has 1 saturated carbocycles. The van der Waals surface area contributed by atoms with Crippen molar-refractivity contribution in [3.8, 4) is 0 Å². The van der Waals surface area contributed by atoms with Gasteiger partial charge in [-0.2, -0.15) is 0 Å². The summed E-state index contributed by atoms with van der Waals surface area (Å²) < 4.78 is 11.0. The highest BCUT2D eigenvalue weighted by Gasteiger charge is 2.50. The number of esters is 2. The lowest BCUT2D eigenvalue weighted by molar-refractivity contribution is -0.172. The molecule has 1 fully saturated rings. The molecular weight excluding hydrogens is 364 g/mol. The Kier molecular flexibility index (Phi) is 15.0. The largest absolute Gasteiger partial charge is 0.465 e. The zero-order chi connectivity index (χ0) is 21.2. The maximum absolute atomic E-state index is 12.7. The molecular formula is C25H46O4. The van der Waals surface area contributed by atoms with Crippen molar-refractivity contribution in [3.63, 3.8) is 0 Å². The van der Waals surface area contributed by atoms with Gasteiger partial charge in [-0.1, -0.05) is 104 Å². The van der Waals surface area contributed by atoms with Crippen molar-refractivity contribution < 1.29 is 19.1 Å². The predicted octanol–water partition coefficient (Wildman–Crippen LogP) is 7.13. The lowest BCUT2D eigenvalue weighted by Crippen LogP contribution is -2.40. The summed E-state index contributed by atoms with van der Waals surface area (Å²) in [5.74, 6) is -0.684. The molecule has 0 spiro atoms. The van der Waals surface area contributed by atoms with Gasteiger partial charge in [0, 0.05) is 0 Å². The van der Waals surface area contributed by atoms with Gasteiger partial charge in [-0.3, -0.25) is 9.59 Å². The van der Waals surface area contributed by atoms with E-state index in [1.807, 2.05) is 0 Å². The van der Waals surface area contributed by atoms with E-state index < -0.39 is 5.41 Å². The van der Waals surface area contributed by atoms with Gasteiger partial charge in [0.2, 0.25) is 0 Å². The summed E-state index contributed by atoms with van der Waals surface area (Å²) in [6.07, 6.45) is 19.6. The molecule has 0 amide bonds. The lowest BCUT2D eigenvalue weighted by atomic mass is 9.86. The average molecular weight is 411 g/mol. The van der Waals surface area contributed by atoms with E-state index in [1.54, 1.807) is 0 Å². The van der Waals surface area contributed by atoms with E-state index >= 15 is 0 Å². The summed E-state index contributed by atoms with van der Waals surface area (Å²) in [4.78, 5) is 25.4. The van der Waals surface area contributed by atoms with Gasteiger partial charge in [-0.25, -0.2) is 0 Å². The standard InChI is InChI=1S/C25H46O4/c1-3-5-7-9-11-13-17-21-28-23(26)25(19-15-16-20-25)24(27)29-22-18-14-12-10-8-6-4-2/h3-22H2,1-2H3. The summed E-state index contributed by atoms with van der Waals surface area (Å²) in [6.45, 7) is 5.30. The van der Waals surface area contributed by atoms with Gasteiger partial charge in [0.1, 0.15) is 0 Å². The summed E-state index contributed by atoms with van der Waals surface area (Å²) >= 11 is 0. The number of hydrogen-bond acceptors (Lipinski definition) is 4. The lowest BCUT2D eigenvalue weighted by Gasteiger charge is -2.24. The number of carbonyl (C=O) groups excluding carboxylic acids is 2. The Morgan fingerprint density at radius 1 is 0.586 bits per heavy atom. The second kappa shape index (κ2) is 16.7. The van der Waals surface area contributed by atoms with Gasteiger partial charge in [-0.05, 0) is 25.7 Å². The molecule has 0 radical (unpaired) electrons. The molecule has 0 aliphatic heterocycles. The molecule has 0 aromatic carbocycles. The van der Waals surface area contributed by atoms with Crippen molar-refractivity contribution in [2.75, 3.05) is 13.2 Å². The van der Waals surface area contributed by atoms with Crippen LogP contribution in [0.4, 0.5) is 0 Å². The Morgan fingerprint density at radius 2 is 0.931 bits per heavy atom. The van der Waals surface area contributed by atoms with Crippen LogP contribution in [0.2, 0.25) is 0 Å². The fraction of sp³-hybridized carbons (Fsp3) is 0.920. The van der Waals surface area contributed by atoms with Crippen LogP contribution in [-0.4, -0.2) is 25.2 Å². The van der Waals surface area contributed by atoms with Crippen molar-refractivity contribution in [2.45, 2.75) is 129 Å². The first-order valence-electron chi connectivity index (χ1n) is 12.5. The van der Waals surface area contributed by atoms with E-state index in [2.05, 4.69) is 13.8 Å². The van der Waals surface area contributed by atoms with Gasteiger partial charge >= 0.3 is 11.9 Å². The fourth-order valence-corrected chi connectivity index (χ4v) is 4.19. The highest BCUT2D eigenvalue weighted by Crippen LogP contribution is 2.40. The topological polar surface area (TPSA) is 52.6 Å². The highest BCUT2D eigenvalue weighted by molar-refractivity contribution is 6.00. The number of unbranched alkanes of at least 4 members (excludes halogenated alkanes) is 12. The van der Waals surface area contributed by atoms with Crippen LogP contribution in [0, 0.1) is 5.41 Å². The van der Waals surface area contributed by atoms with Crippen molar-refractivity contribution in [2.24, 2.45) is 5.41 Å². The van der Waals surface area contributed by atoms with Crippen LogP contribution in [0.15, 0.2) is 0 Å². The molecule has 0 bridgehead atoms. The molecule has 0 aromatic rings. The summed E-state index contributed by atoms with van der Waals surface area (Å²) in [5, 5.41) is 0. The normalized spacial score (nSPS) is 15.4. The predicted molar refractivity (Wildman–Crippen MR) is 119 cm³/mol. The zero-order valence-electron chi connectivity index (χ0n) is 19.3. The van der Waals surface area contributed by atoms with E-state index in [-0.39, 0.29) is 11.9 Å². The molecule has 0 unspecified atom stereocenters. The van der Waals surface area contributed by atoms with Crippen LogP contribution in [0.25, 0.3) is 0 Å². The van der Waals surface area contributed by atoms with E-state index in [1.165, 1.54) is 64.2 Å². The van der Waals surface area contributed by atoms with Gasteiger partial charge in [0.25, 0.3) is 0 Å². The van der Waals surface area contributed by atoms with E-state index in [9.17, 15) is 9.59 Å². The molecule has 0 aromatic heterocycles. The molecule has 29 heavy (non-hydrogen) atoms. The Balaban J connectivity index is 2.22. The van der Waals surface area contributed by atoms with Crippen molar-refractivity contribution in [1.82, 2.24) is 0 Å². The Labute approximate surface area is 179 Å². The van der Waals surface area contributed by atoms with Crippen molar-refractivity contribution in [3.05, 3.63) is 0 Å². The maximum atomic E-state index is 12.7. The number of carbonyl (C=O) groups is 2. The van der Waals surface area contributed by atoms with Crippen molar-refractivity contribution >= 4 is 11.9 Å². The minimum atomic E-state index is -1.03. The van der Waals surface area contributed by atoms with Crippen LogP contribution < -0.4 is 0 Å². The monoisotopic (exact) mass is 410 g/mol. The molecule has 0 saturated heterocycles. The third kappa shape index (κ3) is 10.5. The number of rotatable bonds is 18. The molecule has 0 N–H and O–H groups in total. The number of hydrogen-bond donors (Lipinski definition) is 0. The maximum Gasteiger partial charge on any atom is 0.323 e. The van der Waals surface area contributed by atoms with E-state index in [0.717, 1.165) is 38.5 Å². The Bertz CT molecular complexity index is 393. The Morgan fingerprint density at radius 3 is 1.31 bits per heavy atom. The molecule has 1 aliphatic rings. The van der Waals surface area contributed by atoms with Crippen LogP contribution in [0.5, 0.6) is 0 Å². The molecule has 0 atom stereocenters. The summed E-state index contributed by atoms with van der Waals surface area (Å²) in [6, 6.07) is 0. The minimum Gasteiger partial charge on any atom is -0.465 e. The molecule has 0 heterocycles. The minimum absolute atomic E-state index is 0.342. The summed E-state index contributed by atoms with van der Waals surface area (Å²) in [7, 11) is 0. The molecule has 4 heteroatoms. The first kappa shape index (κ1) is 26.0. The van der Waals surface area contributed by atoms with E-state index in [4.69, 9.17) is 9.47 Å². The van der Waals surface area contributed by atoms with Gasteiger partial charge in [0.15, 0.2) is 5.41 Å². The number of ether oxygens (including phenoxy) is 2. The van der Waals surface area contributed by atoms with E-state index in [0.29, 0.717) is 26.1 Å². The molecule has 1 aliphatic carbocycles. The van der Waals surface area contributed by atoms with Gasteiger partial charge in [-0.15, -0.1) is 0 Å². The molecule has 1 rings (SSSR count). The first-order valence-corrected chi connectivity index (χ1v) is 12.5. The summed E-state index contributed by atoms with van der Waals surface area (Å²) in [5.41, 5.74) is -1.03. The SMILES string of the molecule is CCCCCCCCCOC(=O)C1(C(=O)OCCCCCCCCC)CCCC1. The smallest absolute Gasteiger partial charge is 0.323 e. The van der Waals surface area contributed by atoms with Gasteiger partial charge < -0.3 is 9.47 Å². The zero-order valence-corrected chi connectivity index (χ0v) is 19.3. The van der Waals surface area contributed by atoms with Crippen LogP contribution in [0.1, 0.15) is 129 Å². The van der Waals surface area contributed by atoms with Crippen LogP contribution in [-0.2, 0) is 19.1 Å². The second-order valence-corrected chi connectivity index (χ2v) is 8.80. The van der Waals surface area contributed by atoms with Crippen molar-refractivity contribution in [1.29, 1.82) is 0 Å². The quantitative estimate of drug-likeness (QED) is 0.137. The molecule has 4 nitrogen and oxygen atoms in total. The fourth-order valence-electron chi connectivity index (χ4n) is 4.19. The Hall–Kier alpha value is -1.06. The van der Waals surface area contributed by atoms with Gasteiger partial charge in [0.05, 0.1) is 13.2 Å². The van der Waals surface area contributed by atoms with Crippen LogP contribution in [0.3, 0.4) is 0 Å². The average Bonchev–Trinajstić information content (AvgIpc) is 3.23. The highest BCUT2D eigenvalue weighted by atomic mass is 16.6. The third-order valence-corrected chi connectivity index (χ3v) is 6.20. The molecule has 170 valence electrons. The third-order valence-electron chi connectivity index (χ3n) is 6.20. The first-order chi connectivity index (χ1) is 14.2. The second-order valence-electron chi connectivity index (χ2n) is 8.80.